The third-order valence-corrected chi connectivity index (χ3v) is 4.67. The number of aryl methyl sites for hydroxylation is 1. The van der Waals surface area contributed by atoms with E-state index in [0.717, 1.165) is 16.7 Å². The minimum absolute atomic E-state index is 0.0376. The first-order valence-electron chi connectivity index (χ1n) is 8.27. The summed E-state index contributed by atoms with van der Waals surface area (Å²) in [5, 5.41) is 3.08. The van der Waals surface area contributed by atoms with Crippen LogP contribution in [0.3, 0.4) is 0 Å². The Morgan fingerprint density at radius 3 is 2.29 bits per heavy atom. The van der Waals surface area contributed by atoms with Crippen molar-refractivity contribution >= 4 is 11.8 Å². The number of hydrogen-bond donors (Lipinski definition) is 2. The van der Waals surface area contributed by atoms with Crippen molar-refractivity contribution in [2.45, 2.75) is 32.7 Å². The van der Waals surface area contributed by atoms with Crippen LogP contribution in [-0.4, -0.2) is 17.9 Å². The molecular weight excluding hydrogens is 300 g/mol. The van der Waals surface area contributed by atoms with Crippen LogP contribution in [0.5, 0.6) is 0 Å². The largest absolute Gasteiger partial charge is 0.366 e. The lowest BCUT2D eigenvalue weighted by atomic mass is 9.97. The van der Waals surface area contributed by atoms with Crippen molar-refractivity contribution in [2.75, 3.05) is 0 Å². The minimum atomic E-state index is -0.444. The molecule has 2 aromatic carbocycles. The summed E-state index contributed by atoms with van der Waals surface area (Å²) in [7, 11) is 0. The second-order valence-electron chi connectivity index (χ2n) is 6.57. The summed E-state index contributed by atoms with van der Waals surface area (Å²) >= 11 is 0. The zero-order chi connectivity index (χ0) is 17.3. The van der Waals surface area contributed by atoms with Crippen LogP contribution in [0, 0.1) is 12.8 Å². The summed E-state index contributed by atoms with van der Waals surface area (Å²) in [5.41, 5.74) is 9.43. The topological polar surface area (TPSA) is 72.2 Å². The van der Waals surface area contributed by atoms with E-state index in [1.54, 1.807) is 12.1 Å². The van der Waals surface area contributed by atoms with Gasteiger partial charge in [0.15, 0.2) is 0 Å². The van der Waals surface area contributed by atoms with Crippen LogP contribution in [0.4, 0.5) is 0 Å². The number of amides is 2. The van der Waals surface area contributed by atoms with E-state index in [-0.39, 0.29) is 11.9 Å². The Morgan fingerprint density at radius 1 is 1.08 bits per heavy atom. The lowest BCUT2D eigenvalue weighted by Crippen LogP contribution is -2.34. The van der Waals surface area contributed by atoms with Gasteiger partial charge in [0.05, 0.1) is 0 Å². The molecular formula is C20H22N2O2. The van der Waals surface area contributed by atoms with Crippen LogP contribution < -0.4 is 11.1 Å². The molecule has 3 rings (SSSR count). The Balaban J connectivity index is 1.85. The molecule has 1 aliphatic carbocycles. The van der Waals surface area contributed by atoms with Gasteiger partial charge in [0.2, 0.25) is 5.91 Å². The fourth-order valence-electron chi connectivity index (χ4n) is 2.89. The zero-order valence-electron chi connectivity index (χ0n) is 14.0. The van der Waals surface area contributed by atoms with E-state index >= 15 is 0 Å². The molecule has 1 atom stereocenters. The Morgan fingerprint density at radius 2 is 1.71 bits per heavy atom. The van der Waals surface area contributed by atoms with Gasteiger partial charge in [0.25, 0.3) is 5.91 Å². The van der Waals surface area contributed by atoms with Crippen LogP contribution in [0.2, 0.25) is 0 Å². The molecule has 0 saturated heterocycles. The maximum Gasteiger partial charge on any atom is 0.251 e. The molecule has 0 aromatic heterocycles. The second-order valence-corrected chi connectivity index (χ2v) is 6.57. The fraction of sp³-hybridized carbons (Fsp3) is 0.300. The number of benzene rings is 2. The van der Waals surface area contributed by atoms with Gasteiger partial charge in [-0.2, -0.15) is 0 Å². The lowest BCUT2D eigenvalue weighted by Gasteiger charge is -2.14. The molecule has 0 radical (unpaired) electrons. The molecule has 2 aromatic rings. The number of rotatable bonds is 5. The van der Waals surface area contributed by atoms with E-state index in [1.165, 1.54) is 12.8 Å². The zero-order valence-corrected chi connectivity index (χ0v) is 14.0. The van der Waals surface area contributed by atoms with Gasteiger partial charge in [-0.1, -0.05) is 18.2 Å². The summed E-state index contributed by atoms with van der Waals surface area (Å²) in [6.07, 6.45) is 2.40. The van der Waals surface area contributed by atoms with Crippen LogP contribution in [0.15, 0.2) is 42.5 Å². The number of nitrogens with one attached hydrogen (secondary N) is 1. The van der Waals surface area contributed by atoms with Crippen LogP contribution in [-0.2, 0) is 0 Å². The summed E-state index contributed by atoms with van der Waals surface area (Å²) in [4.78, 5) is 23.6. The molecule has 24 heavy (non-hydrogen) atoms. The first-order chi connectivity index (χ1) is 11.5. The third kappa shape index (κ3) is 3.48. The highest BCUT2D eigenvalue weighted by molar-refractivity contribution is 5.96. The number of primary amides is 1. The maximum absolute atomic E-state index is 12.5. The van der Waals surface area contributed by atoms with Gasteiger partial charge < -0.3 is 11.1 Å². The predicted molar refractivity (Wildman–Crippen MR) is 94.8 cm³/mol. The monoisotopic (exact) mass is 322 g/mol. The van der Waals surface area contributed by atoms with Crippen LogP contribution in [0.1, 0.15) is 46.0 Å². The molecule has 1 fully saturated rings. The molecule has 2 amide bonds. The standard InChI is InChI=1S/C20H22N2O2/c1-12-3-4-17(20(24)22-13(2)14-5-6-14)11-18(12)15-7-9-16(10-8-15)19(21)23/h3-4,7-11,13-14H,5-6H2,1-2H3,(H2,21,23)(H,22,24). The van der Waals surface area contributed by atoms with Crippen molar-refractivity contribution in [3.63, 3.8) is 0 Å². The normalized spacial score (nSPS) is 14.9. The lowest BCUT2D eigenvalue weighted by molar-refractivity contribution is 0.0935. The van der Waals surface area contributed by atoms with E-state index in [2.05, 4.69) is 12.2 Å². The van der Waals surface area contributed by atoms with Gasteiger partial charge in [0, 0.05) is 17.2 Å². The van der Waals surface area contributed by atoms with Crippen molar-refractivity contribution in [1.29, 1.82) is 0 Å². The number of carbonyl (C=O) groups excluding carboxylic acids is 2. The van der Waals surface area contributed by atoms with Gasteiger partial charge in [-0.25, -0.2) is 0 Å². The molecule has 1 aliphatic rings. The molecule has 1 saturated carbocycles. The average Bonchev–Trinajstić information content (AvgIpc) is 3.40. The maximum atomic E-state index is 12.5. The minimum Gasteiger partial charge on any atom is -0.366 e. The van der Waals surface area contributed by atoms with E-state index < -0.39 is 5.91 Å². The van der Waals surface area contributed by atoms with Crippen molar-refractivity contribution in [1.82, 2.24) is 5.32 Å². The highest BCUT2D eigenvalue weighted by Gasteiger charge is 2.29. The first kappa shape index (κ1) is 16.2. The van der Waals surface area contributed by atoms with E-state index in [1.807, 2.05) is 37.3 Å². The van der Waals surface area contributed by atoms with Gasteiger partial charge in [-0.05, 0) is 73.6 Å². The molecule has 4 nitrogen and oxygen atoms in total. The SMILES string of the molecule is Cc1ccc(C(=O)NC(C)C2CC2)cc1-c1ccc(C(N)=O)cc1. The Labute approximate surface area is 142 Å². The van der Waals surface area contributed by atoms with Crippen molar-refractivity contribution in [2.24, 2.45) is 11.7 Å². The van der Waals surface area contributed by atoms with Crippen LogP contribution >= 0.6 is 0 Å². The average molecular weight is 322 g/mol. The summed E-state index contributed by atoms with van der Waals surface area (Å²) in [6, 6.07) is 13.1. The Bertz CT molecular complexity index is 777. The second kappa shape index (κ2) is 6.48. The quantitative estimate of drug-likeness (QED) is 0.886. The molecule has 0 bridgehead atoms. The molecule has 124 valence electrons. The number of hydrogen-bond acceptors (Lipinski definition) is 2. The highest BCUT2D eigenvalue weighted by Crippen LogP contribution is 2.32. The Kier molecular flexibility index (Phi) is 4.38. The number of nitrogens with two attached hydrogens (primary N) is 1. The fourth-order valence-corrected chi connectivity index (χ4v) is 2.89. The molecule has 3 N–H and O–H groups in total. The van der Waals surface area contributed by atoms with E-state index in [9.17, 15) is 9.59 Å². The molecule has 4 heteroatoms. The van der Waals surface area contributed by atoms with Crippen molar-refractivity contribution in [3.8, 4) is 11.1 Å². The molecule has 1 unspecified atom stereocenters. The van der Waals surface area contributed by atoms with Gasteiger partial charge >= 0.3 is 0 Å². The molecule has 0 spiro atoms. The number of carbonyl (C=O) groups is 2. The van der Waals surface area contributed by atoms with Crippen molar-refractivity contribution in [3.05, 3.63) is 59.2 Å². The highest BCUT2D eigenvalue weighted by atomic mass is 16.2. The van der Waals surface area contributed by atoms with Crippen LogP contribution in [0.25, 0.3) is 11.1 Å². The molecule has 0 heterocycles. The summed E-state index contributed by atoms with van der Waals surface area (Å²) in [6.45, 7) is 4.07. The molecule has 0 aliphatic heterocycles. The Hall–Kier alpha value is -2.62. The smallest absolute Gasteiger partial charge is 0.251 e. The van der Waals surface area contributed by atoms with Crippen molar-refractivity contribution < 1.29 is 9.59 Å². The summed E-state index contributed by atoms with van der Waals surface area (Å²) in [5.74, 6) is 0.144. The van der Waals surface area contributed by atoms with Gasteiger partial charge in [0.1, 0.15) is 0 Å². The van der Waals surface area contributed by atoms with Gasteiger partial charge in [-0.3, -0.25) is 9.59 Å². The first-order valence-corrected chi connectivity index (χ1v) is 8.27. The van der Waals surface area contributed by atoms with E-state index in [0.29, 0.717) is 17.0 Å². The van der Waals surface area contributed by atoms with E-state index in [4.69, 9.17) is 5.73 Å². The van der Waals surface area contributed by atoms with Gasteiger partial charge in [-0.15, -0.1) is 0 Å². The third-order valence-electron chi connectivity index (χ3n) is 4.67. The predicted octanol–water partition coefficient (Wildman–Crippen LogP) is 3.29. The summed E-state index contributed by atoms with van der Waals surface area (Å²) < 4.78 is 0.